The summed E-state index contributed by atoms with van der Waals surface area (Å²) in [5.74, 6) is 1.02. The number of carbonyl (C=O) groups is 1. The maximum Gasteiger partial charge on any atom is 0.315 e. The molecule has 2 amide bonds. The van der Waals surface area contributed by atoms with Gasteiger partial charge in [0, 0.05) is 32.4 Å². The van der Waals surface area contributed by atoms with Crippen LogP contribution in [0.5, 0.6) is 0 Å². The number of pyridine rings is 1. The number of nitrogens with one attached hydrogen (secondary N) is 2. The van der Waals surface area contributed by atoms with E-state index in [0.29, 0.717) is 6.54 Å². The smallest absolute Gasteiger partial charge is 0.315 e. The SMILES string of the molecule is CC(NC(=O)NCc1ccnc(N2CCCCC2)c1)C1CCCO1. The van der Waals surface area contributed by atoms with E-state index in [1.165, 1.54) is 19.3 Å². The van der Waals surface area contributed by atoms with Gasteiger partial charge in [0.25, 0.3) is 0 Å². The Balaban J connectivity index is 1.47. The Morgan fingerprint density at radius 2 is 2.21 bits per heavy atom. The number of amides is 2. The molecular weight excluding hydrogens is 304 g/mol. The number of hydrogen-bond acceptors (Lipinski definition) is 4. The minimum absolute atomic E-state index is 0.0360. The van der Waals surface area contributed by atoms with Gasteiger partial charge in [-0.25, -0.2) is 9.78 Å². The van der Waals surface area contributed by atoms with Crippen molar-refractivity contribution in [2.24, 2.45) is 0 Å². The molecule has 0 aliphatic carbocycles. The van der Waals surface area contributed by atoms with Crippen LogP contribution in [0.2, 0.25) is 0 Å². The molecule has 2 unspecified atom stereocenters. The third-order valence-corrected chi connectivity index (χ3v) is 4.82. The van der Waals surface area contributed by atoms with Crippen molar-refractivity contribution in [1.29, 1.82) is 0 Å². The van der Waals surface area contributed by atoms with Gasteiger partial charge in [0.2, 0.25) is 0 Å². The molecule has 2 saturated heterocycles. The fourth-order valence-electron chi connectivity index (χ4n) is 3.40. The summed E-state index contributed by atoms with van der Waals surface area (Å²) in [4.78, 5) is 18.9. The van der Waals surface area contributed by atoms with E-state index in [4.69, 9.17) is 4.74 Å². The molecule has 2 atom stereocenters. The standard InChI is InChI=1S/C18H28N4O2/c1-14(16-6-5-11-24-16)21-18(23)20-13-15-7-8-19-17(12-15)22-9-3-2-4-10-22/h7-8,12,14,16H,2-6,9-11,13H2,1H3,(H2,20,21,23). The van der Waals surface area contributed by atoms with Crippen LogP contribution >= 0.6 is 0 Å². The first-order valence-electron chi connectivity index (χ1n) is 9.08. The van der Waals surface area contributed by atoms with Crippen LogP contribution in [0.4, 0.5) is 10.6 Å². The average Bonchev–Trinajstić information content (AvgIpc) is 3.16. The summed E-state index contributed by atoms with van der Waals surface area (Å²) < 4.78 is 5.61. The van der Waals surface area contributed by atoms with Gasteiger partial charge in [-0.3, -0.25) is 0 Å². The van der Waals surface area contributed by atoms with E-state index in [9.17, 15) is 4.79 Å². The molecule has 6 heteroatoms. The summed E-state index contributed by atoms with van der Waals surface area (Å²) in [6, 6.07) is 3.93. The second-order valence-corrected chi connectivity index (χ2v) is 6.74. The molecule has 0 bridgehead atoms. The van der Waals surface area contributed by atoms with Crippen molar-refractivity contribution in [3.8, 4) is 0 Å². The molecule has 24 heavy (non-hydrogen) atoms. The molecule has 2 aliphatic heterocycles. The molecule has 6 nitrogen and oxygen atoms in total. The van der Waals surface area contributed by atoms with E-state index in [1.54, 1.807) is 0 Å². The molecule has 3 rings (SSSR count). The number of urea groups is 1. The first-order chi connectivity index (χ1) is 11.7. The summed E-state index contributed by atoms with van der Waals surface area (Å²) in [6.07, 6.45) is 7.83. The van der Waals surface area contributed by atoms with E-state index in [2.05, 4.69) is 26.6 Å². The van der Waals surface area contributed by atoms with Crippen molar-refractivity contribution in [2.75, 3.05) is 24.6 Å². The van der Waals surface area contributed by atoms with Gasteiger partial charge in [0.1, 0.15) is 5.82 Å². The number of hydrogen-bond donors (Lipinski definition) is 2. The molecule has 2 N–H and O–H groups in total. The van der Waals surface area contributed by atoms with Gasteiger partial charge in [0.05, 0.1) is 12.1 Å². The van der Waals surface area contributed by atoms with Crippen molar-refractivity contribution in [2.45, 2.75) is 57.7 Å². The summed E-state index contributed by atoms with van der Waals surface area (Å²) in [6.45, 7) is 5.45. The highest BCUT2D eigenvalue weighted by molar-refractivity contribution is 5.74. The lowest BCUT2D eigenvalue weighted by Gasteiger charge is -2.28. The van der Waals surface area contributed by atoms with Crippen molar-refractivity contribution in [3.05, 3.63) is 23.9 Å². The molecule has 0 aromatic carbocycles. The quantitative estimate of drug-likeness (QED) is 0.869. The molecular formula is C18H28N4O2. The molecule has 0 spiro atoms. The Labute approximate surface area is 144 Å². The summed E-state index contributed by atoms with van der Waals surface area (Å²) >= 11 is 0. The number of anilines is 1. The fraction of sp³-hybridized carbons (Fsp3) is 0.667. The first-order valence-corrected chi connectivity index (χ1v) is 9.08. The van der Waals surface area contributed by atoms with Crippen molar-refractivity contribution < 1.29 is 9.53 Å². The monoisotopic (exact) mass is 332 g/mol. The van der Waals surface area contributed by atoms with Gasteiger partial charge in [-0.2, -0.15) is 0 Å². The van der Waals surface area contributed by atoms with E-state index in [0.717, 1.165) is 43.9 Å². The zero-order valence-electron chi connectivity index (χ0n) is 14.5. The highest BCUT2D eigenvalue weighted by atomic mass is 16.5. The maximum atomic E-state index is 12.1. The van der Waals surface area contributed by atoms with Crippen LogP contribution in [0.1, 0.15) is 44.6 Å². The van der Waals surface area contributed by atoms with Crippen LogP contribution < -0.4 is 15.5 Å². The lowest BCUT2D eigenvalue weighted by atomic mass is 10.1. The molecule has 0 radical (unpaired) electrons. The van der Waals surface area contributed by atoms with Gasteiger partial charge in [-0.15, -0.1) is 0 Å². The Hall–Kier alpha value is -1.82. The van der Waals surface area contributed by atoms with Gasteiger partial charge in [0.15, 0.2) is 0 Å². The highest BCUT2D eigenvalue weighted by Crippen LogP contribution is 2.18. The first kappa shape index (κ1) is 17.0. The van der Waals surface area contributed by atoms with Crippen LogP contribution in [0, 0.1) is 0 Å². The molecule has 2 fully saturated rings. The Bertz CT molecular complexity index is 540. The number of nitrogens with zero attached hydrogens (tertiary/aromatic N) is 2. The fourth-order valence-corrected chi connectivity index (χ4v) is 3.40. The van der Waals surface area contributed by atoms with Crippen LogP contribution in [-0.4, -0.2) is 42.9 Å². The molecule has 132 valence electrons. The number of rotatable bonds is 5. The minimum Gasteiger partial charge on any atom is -0.376 e. The van der Waals surface area contributed by atoms with Gasteiger partial charge in [-0.05, 0) is 56.7 Å². The largest absolute Gasteiger partial charge is 0.376 e. The lowest BCUT2D eigenvalue weighted by Crippen LogP contribution is -2.45. The average molecular weight is 332 g/mol. The zero-order chi connectivity index (χ0) is 16.8. The van der Waals surface area contributed by atoms with Gasteiger partial charge in [-0.1, -0.05) is 0 Å². The number of carbonyl (C=O) groups excluding carboxylic acids is 1. The molecule has 2 aliphatic rings. The number of ether oxygens (including phenoxy) is 1. The number of aromatic nitrogens is 1. The van der Waals surface area contributed by atoms with E-state index in [-0.39, 0.29) is 18.2 Å². The predicted octanol–water partition coefficient (Wildman–Crippen LogP) is 2.44. The van der Waals surface area contributed by atoms with Crippen LogP contribution in [0.15, 0.2) is 18.3 Å². The summed E-state index contributed by atoms with van der Waals surface area (Å²) in [5.41, 5.74) is 1.07. The zero-order valence-corrected chi connectivity index (χ0v) is 14.5. The molecule has 1 aromatic heterocycles. The summed E-state index contributed by atoms with van der Waals surface area (Å²) in [7, 11) is 0. The van der Waals surface area contributed by atoms with Gasteiger partial charge >= 0.3 is 6.03 Å². The van der Waals surface area contributed by atoms with Crippen molar-refractivity contribution in [1.82, 2.24) is 15.6 Å². The predicted molar refractivity (Wildman–Crippen MR) is 94.1 cm³/mol. The van der Waals surface area contributed by atoms with Crippen LogP contribution in [-0.2, 0) is 11.3 Å². The van der Waals surface area contributed by atoms with E-state index >= 15 is 0 Å². The van der Waals surface area contributed by atoms with Crippen molar-refractivity contribution in [3.63, 3.8) is 0 Å². The van der Waals surface area contributed by atoms with Crippen LogP contribution in [0.3, 0.4) is 0 Å². The van der Waals surface area contributed by atoms with Crippen LogP contribution in [0.25, 0.3) is 0 Å². The lowest BCUT2D eigenvalue weighted by molar-refractivity contribution is 0.0860. The Morgan fingerprint density at radius 3 is 2.96 bits per heavy atom. The summed E-state index contributed by atoms with van der Waals surface area (Å²) in [5, 5.41) is 5.90. The topological polar surface area (TPSA) is 66.5 Å². The molecule has 3 heterocycles. The van der Waals surface area contributed by atoms with E-state index in [1.807, 2.05) is 19.2 Å². The Morgan fingerprint density at radius 1 is 1.38 bits per heavy atom. The highest BCUT2D eigenvalue weighted by Gasteiger charge is 2.23. The van der Waals surface area contributed by atoms with Crippen molar-refractivity contribution >= 4 is 11.8 Å². The second kappa shape index (κ2) is 8.33. The third kappa shape index (κ3) is 4.60. The normalized spacial score (nSPS) is 22.2. The third-order valence-electron chi connectivity index (χ3n) is 4.82. The Kier molecular flexibility index (Phi) is 5.91. The molecule has 1 aromatic rings. The number of piperidine rings is 1. The molecule has 0 saturated carbocycles. The van der Waals surface area contributed by atoms with E-state index < -0.39 is 0 Å². The second-order valence-electron chi connectivity index (χ2n) is 6.74. The minimum atomic E-state index is -0.144. The maximum absolute atomic E-state index is 12.1. The van der Waals surface area contributed by atoms with Gasteiger partial charge < -0.3 is 20.3 Å².